The number of amides is 1. The van der Waals surface area contributed by atoms with Gasteiger partial charge in [-0.2, -0.15) is 20.5 Å². The van der Waals surface area contributed by atoms with E-state index in [1.807, 2.05) is 42.5 Å². The maximum absolute atomic E-state index is 11.8. The van der Waals surface area contributed by atoms with Crippen LogP contribution in [0.5, 0.6) is 5.75 Å². The van der Waals surface area contributed by atoms with Crippen LogP contribution in [0, 0.1) is 0 Å². The van der Waals surface area contributed by atoms with Crippen LogP contribution in [0.15, 0.2) is 42.5 Å². The van der Waals surface area contributed by atoms with Crippen molar-refractivity contribution in [3.05, 3.63) is 53.9 Å². The molecule has 0 radical (unpaired) electrons. The number of aromatic nitrogens is 6. The van der Waals surface area contributed by atoms with Crippen molar-refractivity contribution in [2.24, 2.45) is 0 Å². The molecule has 2 aromatic carbocycles. The fourth-order valence-electron chi connectivity index (χ4n) is 3.05. The molecule has 0 fully saturated rings. The quantitative estimate of drug-likeness (QED) is 0.528. The van der Waals surface area contributed by atoms with Crippen LogP contribution in [0.2, 0.25) is 0 Å². The van der Waals surface area contributed by atoms with Crippen molar-refractivity contribution in [1.29, 1.82) is 0 Å². The number of hydrogen-bond acceptors (Lipinski definition) is 6. The highest BCUT2D eigenvalue weighted by Crippen LogP contribution is 2.27. The second-order valence-electron chi connectivity index (χ2n) is 6.17. The Morgan fingerprint density at radius 3 is 2.86 bits per heavy atom. The van der Waals surface area contributed by atoms with E-state index in [1.54, 1.807) is 18.8 Å². The Hall–Kier alpha value is -3.75. The largest absolute Gasteiger partial charge is 0.496 e. The number of nitrogens with one attached hydrogen (secondary N) is 2. The van der Waals surface area contributed by atoms with Gasteiger partial charge < -0.3 is 10.1 Å². The van der Waals surface area contributed by atoms with Gasteiger partial charge in [-0.05, 0) is 18.2 Å². The average molecular weight is 377 g/mol. The molecule has 28 heavy (non-hydrogen) atoms. The third kappa shape index (κ3) is 3.29. The number of benzene rings is 2. The average Bonchev–Trinajstić information content (AvgIpc) is 3.35. The summed E-state index contributed by atoms with van der Waals surface area (Å²) in [5, 5.41) is 18.2. The van der Waals surface area contributed by atoms with Gasteiger partial charge in [0.25, 0.3) is 0 Å². The zero-order chi connectivity index (χ0) is 19.5. The first-order valence-electron chi connectivity index (χ1n) is 8.75. The number of fused-ring (bicyclic) bond motifs is 1. The summed E-state index contributed by atoms with van der Waals surface area (Å²) in [4.78, 5) is 16.4. The first-order chi connectivity index (χ1) is 13.7. The van der Waals surface area contributed by atoms with Gasteiger partial charge in [-0.1, -0.05) is 24.3 Å². The number of likely N-dealkylation sites (N-methyl/N-ethyl adjacent to an activating group) is 1. The molecule has 2 aromatic heterocycles. The first kappa shape index (κ1) is 17.7. The lowest BCUT2D eigenvalue weighted by Gasteiger charge is -2.10. The number of H-pyrrole nitrogens is 1. The van der Waals surface area contributed by atoms with Crippen molar-refractivity contribution < 1.29 is 9.53 Å². The van der Waals surface area contributed by atoms with Gasteiger partial charge in [0.1, 0.15) is 16.8 Å². The number of carbonyl (C=O) groups is 1. The summed E-state index contributed by atoms with van der Waals surface area (Å²) >= 11 is 0. The van der Waals surface area contributed by atoms with Crippen LogP contribution in [0.25, 0.3) is 22.4 Å². The van der Waals surface area contributed by atoms with Crippen LogP contribution in [0.4, 0.5) is 0 Å². The van der Waals surface area contributed by atoms with E-state index in [9.17, 15) is 4.79 Å². The zero-order valence-corrected chi connectivity index (χ0v) is 15.5. The topological polar surface area (TPSA) is 111 Å². The second kappa shape index (κ2) is 7.47. The van der Waals surface area contributed by atoms with Crippen molar-refractivity contribution in [1.82, 2.24) is 35.5 Å². The van der Waals surface area contributed by atoms with Gasteiger partial charge >= 0.3 is 0 Å². The summed E-state index contributed by atoms with van der Waals surface area (Å²) in [7, 11) is 3.22. The lowest BCUT2D eigenvalue weighted by atomic mass is 10.1. The minimum absolute atomic E-state index is 0.0945. The number of rotatable bonds is 6. The summed E-state index contributed by atoms with van der Waals surface area (Å²) in [6.45, 7) is 0.439. The molecule has 2 heterocycles. The summed E-state index contributed by atoms with van der Waals surface area (Å²) < 4.78 is 7.22. The van der Waals surface area contributed by atoms with Crippen LogP contribution in [0.3, 0.4) is 0 Å². The van der Waals surface area contributed by atoms with Crippen molar-refractivity contribution in [3.8, 4) is 17.1 Å². The molecule has 0 saturated carbocycles. The smallest absolute Gasteiger partial charge is 0.227 e. The molecule has 0 unspecified atom stereocenters. The molecular formula is C19H19N7O2. The number of methoxy groups -OCH3 is 1. The normalized spacial score (nSPS) is 10.9. The third-order valence-electron chi connectivity index (χ3n) is 4.41. The van der Waals surface area contributed by atoms with E-state index in [2.05, 4.69) is 30.8 Å². The van der Waals surface area contributed by atoms with Gasteiger partial charge in [0.2, 0.25) is 5.91 Å². The van der Waals surface area contributed by atoms with Gasteiger partial charge in [0.05, 0.1) is 20.1 Å². The summed E-state index contributed by atoms with van der Waals surface area (Å²) in [5.41, 5.74) is 3.17. The van der Waals surface area contributed by atoms with E-state index >= 15 is 0 Å². The van der Waals surface area contributed by atoms with Crippen LogP contribution in [-0.2, 0) is 17.8 Å². The summed E-state index contributed by atoms with van der Waals surface area (Å²) in [5.74, 6) is 1.66. The highest BCUT2D eigenvalue weighted by molar-refractivity contribution is 5.89. The van der Waals surface area contributed by atoms with Crippen molar-refractivity contribution in [3.63, 3.8) is 0 Å². The SMILES string of the molecule is CNC(=O)Cc1nc(-c2cccc3n[nH]nc23)n(Cc2ccccc2OC)n1. The number of aromatic amines is 1. The molecule has 0 bridgehead atoms. The highest BCUT2D eigenvalue weighted by atomic mass is 16.5. The minimum atomic E-state index is -0.152. The second-order valence-corrected chi connectivity index (χ2v) is 6.17. The van der Waals surface area contributed by atoms with Gasteiger partial charge in [-0.15, -0.1) is 0 Å². The molecule has 0 saturated heterocycles. The molecule has 0 atom stereocenters. The third-order valence-corrected chi connectivity index (χ3v) is 4.41. The predicted molar refractivity (Wildman–Crippen MR) is 103 cm³/mol. The van der Waals surface area contributed by atoms with Crippen molar-refractivity contribution >= 4 is 16.9 Å². The Labute approximate surface area is 160 Å². The molecule has 0 spiro atoms. The Bertz CT molecular complexity index is 1130. The maximum atomic E-state index is 11.8. The Morgan fingerprint density at radius 1 is 1.18 bits per heavy atom. The lowest BCUT2D eigenvalue weighted by Crippen LogP contribution is -2.20. The summed E-state index contributed by atoms with van der Waals surface area (Å²) in [6.07, 6.45) is 0.0945. The lowest BCUT2D eigenvalue weighted by molar-refractivity contribution is -0.120. The summed E-state index contributed by atoms with van der Waals surface area (Å²) in [6, 6.07) is 13.4. The standard InChI is InChI=1S/C19H19N7O2/c1-20-17(27)10-16-21-19(13-7-5-8-14-18(13)23-25-22-14)26(24-16)11-12-6-3-4-9-15(12)28-2/h3-9H,10-11H2,1-2H3,(H,20,27)(H,22,23,25). The van der Waals surface area contributed by atoms with E-state index in [-0.39, 0.29) is 12.3 Å². The van der Waals surface area contributed by atoms with Crippen LogP contribution in [-0.4, -0.2) is 50.2 Å². The highest BCUT2D eigenvalue weighted by Gasteiger charge is 2.18. The molecular weight excluding hydrogens is 358 g/mol. The Morgan fingerprint density at radius 2 is 2.04 bits per heavy atom. The van der Waals surface area contributed by atoms with Crippen LogP contribution < -0.4 is 10.1 Å². The molecule has 9 heteroatoms. The molecule has 142 valence electrons. The van der Waals surface area contributed by atoms with Gasteiger partial charge in [0, 0.05) is 18.2 Å². The van der Waals surface area contributed by atoms with E-state index in [4.69, 9.17) is 4.74 Å². The number of hydrogen-bond donors (Lipinski definition) is 2. The molecule has 4 aromatic rings. The molecule has 1 amide bonds. The molecule has 0 aliphatic rings. The number of para-hydroxylation sites is 2. The monoisotopic (exact) mass is 377 g/mol. The van der Waals surface area contributed by atoms with Crippen molar-refractivity contribution in [2.75, 3.05) is 14.2 Å². The van der Waals surface area contributed by atoms with Gasteiger partial charge in [0.15, 0.2) is 11.6 Å². The van der Waals surface area contributed by atoms with Gasteiger partial charge in [-0.25, -0.2) is 9.67 Å². The number of nitrogens with zero attached hydrogens (tertiary/aromatic N) is 5. The van der Waals surface area contributed by atoms with E-state index in [1.165, 1.54) is 0 Å². The molecule has 9 nitrogen and oxygen atoms in total. The van der Waals surface area contributed by atoms with Crippen LogP contribution in [0.1, 0.15) is 11.4 Å². The predicted octanol–water partition coefficient (Wildman–Crippen LogP) is 1.56. The molecule has 0 aliphatic heterocycles. The number of carbonyl (C=O) groups excluding carboxylic acids is 1. The first-order valence-corrected chi connectivity index (χ1v) is 8.75. The zero-order valence-electron chi connectivity index (χ0n) is 15.5. The van der Waals surface area contributed by atoms with Gasteiger partial charge in [-0.3, -0.25) is 4.79 Å². The molecule has 4 rings (SSSR count). The van der Waals surface area contributed by atoms with E-state index < -0.39 is 0 Å². The van der Waals surface area contributed by atoms with Crippen molar-refractivity contribution in [2.45, 2.75) is 13.0 Å². The minimum Gasteiger partial charge on any atom is -0.496 e. The van der Waals surface area contributed by atoms with E-state index in [0.29, 0.717) is 23.7 Å². The fourth-order valence-corrected chi connectivity index (χ4v) is 3.05. The Kier molecular flexibility index (Phi) is 4.71. The Balaban J connectivity index is 1.82. The fraction of sp³-hybridized carbons (Fsp3) is 0.211. The molecule has 0 aliphatic carbocycles. The maximum Gasteiger partial charge on any atom is 0.227 e. The molecule has 2 N–H and O–H groups in total. The van der Waals surface area contributed by atoms with Crippen LogP contribution >= 0.6 is 0 Å². The van der Waals surface area contributed by atoms with E-state index in [0.717, 1.165) is 22.4 Å². The number of ether oxygens (including phenoxy) is 1.